The average Bonchev–Trinajstić information content (AvgIpc) is 2.87. The Morgan fingerprint density at radius 2 is 1.49 bits per heavy atom. The molecule has 0 aromatic heterocycles. The number of amides is 1. The number of carbonyl (C=O) groups is 1. The van der Waals surface area contributed by atoms with Gasteiger partial charge in [0.05, 0.1) is 16.6 Å². The normalized spacial score (nSPS) is 12.1. The molecule has 0 aliphatic carbocycles. The van der Waals surface area contributed by atoms with Crippen molar-refractivity contribution in [2.75, 3.05) is 10.8 Å². The largest absolute Gasteiger partial charge is 0.344 e. The number of aryl methyl sites for hydroxylation is 1. The minimum atomic E-state index is -4.03. The Labute approximate surface area is 211 Å². The summed E-state index contributed by atoms with van der Waals surface area (Å²) >= 11 is 6.16. The second-order valence-corrected chi connectivity index (χ2v) is 10.4. The summed E-state index contributed by atoms with van der Waals surface area (Å²) in [6.07, 6.45) is 0. The molecule has 7 heteroatoms. The van der Waals surface area contributed by atoms with E-state index in [0.29, 0.717) is 10.7 Å². The molecule has 4 rings (SSSR count). The molecule has 0 bridgehead atoms. The molecular formula is C28H25ClN2O3S. The summed E-state index contributed by atoms with van der Waals surface area (Å²) < 4.78 is 28.2. The molecule has 0 saturated heterocycles. The molecule has 0 aliphatic rings. The lowest BCUT2D eigenvalue weighted by molar-refractivity contribution is -0.120. The third-order valence-electron chi connectivity index (χ3n) is 5.65. The maximum absolute atomic E-state index is 13.6. The van der Waals surface area contributed by atoms with Crippen LogP contribution in [0.3, 0.4) is 0 Å². The minimum Gasteiger partial charge on any atom is -0.344 e. The topological polar surface area (TPSA) is 66.5 Å². The van der Waals surface area contributed by atoms with Gasteiger partial charge in [0.1, 0.15) is 6.54 Å². The summed E-state index contributed by atoms with van der Waals surface area (Å²) in [6, 6.07) is 31.5. The van der Waals surface area contributed by atoms with Crippen molar-refractivity contribution in [3.05, 3.63) is 131 Å². The second kappa shape index (κ2) is 10.8. The summed E-state index contributed by atoms with van der Waals surface area (Å²) in [5.41, 5.74) is 3.16. The van der Waals surface area contributed by atoms with Crippen molar-refractivity contribution in [3.63, 3.8) is 0 Å². The van der Waals surface area contributed by atoms with Gasteiger partial charge in [0.2, 0.25) is 5.91 Å². The van der Waals surface area contributed by atoms with E-state index in [0.717, 1.165) is 21.0 Å². The van der Waals surface area contributed by atoms with Gasteiger partial charge in [-0.3, -0.25) is 9.10 Å². The molecule has 0 fully saturated rings. The van der Waals surface area contributed by atoms with Crippen LogP contribution in [0, 0.1) is 6.92 Å². The van der Waals surface area contributed by atoms with Gasteiger partial charge in [-0.2, -0.15) is 0 Å². The summed E-state index contributed by atoms with van der Waals surface area (Å²) in [5.74, 6) is -0.443. The highest BCUT2D eigenvalue weighted by molar-refractivity contribution is 7.92. The molecular weight excluding hydrogens is 480 g/mol. The SMILES string of the molecule is Cc1ccccc1[C@H](NC(=O)CN(c1cccc(Cl)c1)S(=O)(=O)c1ccccc1)c1ccccc1. The van der Waals surface area contributed by atoms with Crippen molar-refractivity contribution in [2.24, 2.45) is 0 Å². The molecule has 0 spiro atoms. The first-order valence-corrected chi connectivity index (χ1v) is 12.9. The van der Waals surface area contributed by atoms with Crippen LogP contribution in [0.4, 0.5) is 5.69 Å². The first kappa shape index (κ1) is 24.5. The molecule has 0 aliphatic heterocycles. The minimum absolute atomic E-state index is 0.0892. The molecule has 1 amide bonds. The Morgan fingerprint density at radius 3 is 2.14 bits per heavy atom. The maximum atomic E-state index is 13.6. The molecule has 1 atom stereocenters. The monoisotopic (exact) mass is 504 g/mol. The Balaban J connectivity index is 1.70. The van der Waals surface area contributed by atoms with E-state index in [4.69, 9.17) is 11.6 Å². The third-order valence-corrected chi connectivity index (χ3v) is 7.68. The molecule has 0 heterocycles. The van der Waals surface area contributed by atoms with Crippen LogP contribution in [0.15, 0.2) is 114 Å². The standard InChI is InChI=1S/C28H25ClN2O3S/c1-21-11-8-9-18-26(21)28(22-12-4-2-5-13-22)30-27(32)20-31(24-15-10-14-23(29)19-24)35(33,34)25-16-6-3-7-17-25/h2-19,28H,20H2,1H3,(H,30,32)/t28-/m1/s1. The number of hydrogen-bond donors (Lipinski definition) is 1. The molecule has 35 heavy (non-hydrogen) atoms. The van der Waals surface area contributed by atoms with E-state index in [-0.39, 0.29) is 4.90 Å². The fraction of sp³-hybridized carbons (Fsp3) is 0.107. The third kappa shape index (κ3) is 5.73. The molecule has 4 aromatic rings. The van der Waals surface area contributed by atoms with E-state index in [9.17, 15) is 13.2 Å². The van der Waals surface area contributed by atoms with Crippen molar-refractivity contribution in [1.82, 2.24) is 5.32 Å². The van der Waals surface area contributed by atoms with Gasteiger partial charge >= 0.3 is 0 Å². The van der Waals surface area contributed by atoms with Gasteiger partial charge in [0.15, 0.2) is 0 Å². The van der Waals surface area contributed by atoms with Gasteiger partial charge < -0.3 is 5.32 Å². The Bertz CT molecular complexity index is 1410. The first-order valence-electron chi connectivity index (χ1n) is 11.1. The van der Waals surface area contributed by atoms with Gasteiger partial charge in [-0.1, -0.05) is 90.5 Å². The van der Waals surface area contributed by atoms with Crippen molar-refractivity contribution in [1.29, 1.82) is 0 Å². The smallest absolute Gasteiger partial charge is 0.264 e. The first-order chi connectivity index (χ1) is 16.9. The Morgan fingerprint density at radius 1 is 0.857 bits per heavy atom. The van der Waals surface area contributed by atoms with Gasteiger partial charge in [0.25, 0.3) is 10.0 Å². The summed E-state index contributed by atoms with van der Waals surface area (Å²) in [5, 5.41) is 3.42. The Kier molecular flexibility index (Phi) is 7.54. The molecule has 0 saturated carbocycles. The molecule has 178 valence electrons. The van der Waals surface area contributed by atoms with Crippen molar-refractivity contribution in [3.8, 4) is 0 Å². The zero-order chi connectivity index (χ0) is 24.8. The number of sulfonamides is 1. The Hall–Kier alpha value is -3.61. The van der Waals surface area contributed by atoms with Crippen LogP contribution < -0.4 is 9.62 Å². The number of hydrogen-bond acceptors (Lipinski definition) is 3. The second-order valence-electron chi connectivity index (χ2n) is 8.07. The molecule has 5 nitrogen and oxygen atoms in total. The predicted molar refractivity (Wildman–Crippen MR) is 140 cm³/mol. The van der Waals surface area contributed by atoms with Gasteiger partial charge in [-0.25, -0.2) is 8.42 Å². The van der Waals surface area contributed by atoms with Crippen molar-refractivity contribution in [2.45, 2.75) is 17.9 Å². The maximum Gasteiger partial charge on any atom is 0.264 e. The van der Waals surface area contributed by atoms with Crippen LogP contribution in [0.1, 0.15) is 22.7 Å². The van der Waals surface area contributed by atoms with E-state index in [2.05, 4.69) is 5.32 Å². The predicted octanol–water partition coefficient (Wildman–Crippen LogP) is 5.75. The van der Waals surface area contributed by atoms with E-state index in [1.54, 1.807) is 36.4 Å². The highest BCUT2D eigenvalue weighted by atomic mass is 35.5. The number of anilines is 1. The average molecular weight is 505 g/mol. The van der Waals surface area contributed by atoms with Crippen LogP contribution in [0.25, 0.3) is 0 Å². The quantitative estimate of drug-likeness (QED) is 0.332. The van der Waals surface area contributed by atoms with E-state index in [1.165, 1.54) is 18.2 Å². The number of nitrogens with one attached hydrogen (secondary N) is 1. The molecule has 1 N–H and O–H groups in total. The van der Waals surface area contributed by atoms with Crippen LogP contribution in [0.2, 0.25) is 5.02 Å². The summed E-state index contributed by atoms with van der Waals surface area (Å²) in [4.78, 5) is 13.5. The number of benzene rings is 4. The number of carbonyl (C=O) groups excluding carboxylic acids is 1. The molecule has 0 radical (unpaired) electrons. The number of halogens is 1. The van der Waals surface area contributed by atoms with Gasteiger partial charge in [-0.15, -0.1) is 0 Å². The van der Waals surface area contributed by atoms with Crippen LogP contribution in [-0.2, 0) is 14.8 Å². The highest BCUT2D eigenvalue weighted by Crippen LogP contribution is 2.28. The summed E-state index contributed by atoms with van der Waals surface area (Å²) in [7, 11) is -4.03. The lowest BCUT2D eigenvalue weighted by Crippen LogP contribution is -2.42. The van der Waals surface area contributed by atoms with Crippen LogP contribution in [0.5, 0.6) is 0 Å². The lowest BCUT2D eigenvalue weighted by Gasteiger charge is -2.27. The van der Waals surface area contributed by atoms with Crippen LogP contribution in [-0.4, -0.2) is 20.9 Å². The van der Waals surface area contributed by atoms with E-state index >= 15 is 0 Å². The van der Waals surface area contributed by atoms with Crippen molar-refractivity contribution < 1.29 is 13.2 Å². The fourth-order valence-corrected chi connectivity index (χ4v) is 5.52. The summed E-state index contributed by atoms with van der Waals surface area (Å²) in [6.45, 7) is 1.57. The highest BCUT2D eigenvalue weighted by Gasteiger charge is 2.28. The number of nitrogens with zero attached hydrogens (tertiary/aromatic N) is 1. The molecule has 0 unspecified atom stereocenters. The fourth-order valence-electron chi connectivity index (χ4n) is 3.90. The van der Waals surface area contributed by atoms with Gasteiger partial charge in [0, 0.05) is 5.02 Å². The lowest BCUT2D eigenvalue weighted by atomic mass is 9.95. The van der Waals surface area contributed by atoms with E-state index in [1.807, 2.05) is 61.5 Å². The zero-order valence-corrected chi connectivity index (χ0v) is 20.7. The molecule has 4 aromatic carbocycles. The van der Waals surface area contributed by atoms with Gasteiger partial charge in [-0.05, 0) is 53.9 Å². The van der Waals surface area contributed by atoms with Crippen molar-refractivity contribution >= 4 is 33.2 Å². The van der Waals surface area contributed by atoms with E-state index < -0.39 is 28.5 Å². The number of rotatable bonds is 8. The van der Waals surface area contributed by atoms with Crippen LogP contribution >= 0.6 is 11.6 Å². The zero-order valence-electron chi connectivity index (χ0n) is 19.1.